The van der Waals surface area contributed by atoms with E-state index in [1.54, 1.807) is 36.4 Å². The van der Waals surface area contributed by atoms with E-state index < -0.39 is 10.0 Å². The van der Waals surface area contributed by atoms with Gasteiger partial charge in [0.15, 0.2) is 5.16 Å². The molecule has 10 nitrogen and oxygen atoms in total. The Labute approximate surface area is 248 Å². The minimum Gasteiger partial charge on any atom is -0.356 e. The van der Waals surface area contributed by atoms with Crippen LogP contribution in [0.25, 0.3) is 10.9 Å². The number of thioether (sulfide) groups is 1. The molecule has 220 valence electrons. The van der Waals surface area contributed by atoms with Crippen molar-refractivity contribution >= 4 is 44.5 Å². The van der Waals surface area contributed by atoms with Gasteiger partial charge in [-0.25, -0.2) is 18.5 Å². The fraction of sp³-hybridized carbons (Fsp3) is 0.267. The van der Waals surface area contributed by atoms with Crippen molar-refractivity contribution in [3.63, 3.8) is 0 Å². The molecule has 0 bridgehead atoms. The number of nitrogens with two attached hydrogens (primary N) is 1. The summed E-state index contributed by atoms with van der Waals surface area (Å²) in [5.41, 5.74) is 2.33. The Bertz CT molecular complexity index is 1690. The average molecular weight is 608 g/mol. The Morgan fingerprint density at radius 1 is 0.833 bits per heavy atom. The average Bonchev–Trinajstić information content (AvgIpc) is 2.98. The van der Waals surface area contributed by atoms with E-state index in [2.05, 4.69) is 15.6 Å². The Hall–Kier alpha value is -4.00. The molecule has 4 rings (SSSR count). The van der Waals surface area contributed by atoms with E-state index in [0.717, 1.165) is 29.3 Å². The maximum Gasteiger partial charge on any atom is 0.262 e. The minimum atomic E-state index is -3.75. The van der Waals surface area contributed by atoms with Gasteiger partial charge in [-0.1, -0.05) is 66.4 Å². The number of fused-ring (bicyclic) bond motifs is 1. The molecule has 1 aromatic heterocycles. The highest BCUT2D eigenvalue weighted by atomic mass is 32.2. The van der Waals surface area contributed by atoms with Crippen molar-refractivity contribution in [2.24, 2.45) is 5.14 Å². The van der Waals surface area contributed by atoms with Crippen LogP contribution in [-0.2, 0) is 39.0 Å². The molecule has 2 amide bonds. The van der Waals surface area contributed by atoms with Crippen molar-refractivity contribution in [3.8, 4) is 0 Å². The number of carbonyl (C=O) groups excluding carboxylic acids is 2. The lowest BCUT2D eigenvalue weighted by Crippen LogP contribution is -2.29. The second-order valence-electron chi connectivity index (χ2n) is 9.64. The van der Waals surface area contributed by atoms with Gasteiger partial charge in [-0.05, 0) is 54.7 Å². The van der Waals surface area contributed by atoms with Crippen molar-refractivity contribution in [1.82, 2.24) is 20.2 Å². The maximum absolute atomic E-state index is 13.3. The maximum atomic E-state index is 13.3. The van der Waals surface area contributed by atoms with Gasteiger partial charge in [0.1, 0.15) is 0 Å². The molecule has 0 atom stereocenters. The molecule has 0 spiro atoms. The number of sulfonamides is 1. The monoisotopic (exact) mass is 607 g/mol. The van der Waals surface area contributed by atoms with Crippen LogP contribution in [0.2, 0.25) is 0 Å². The first-order valence-corrected chi connectivity index (χ1v) is 16.1. The summed E-state index contributed by atoms with van der Waals surface area (Å²) >= 11 is 1.16. The van der Waals surface area contributed by atoms with Crippen molar-refractivity contribution in [3.05, 3.63) is 100 Å². The summed E-state index contributed by atoms with van der Waals surface area (Å²) < 4.78 is 24.3. The first-order valence-electron chi connectivity index (χ1n) is 13.5. The number of nitrogens with one attached hydrogen (secondary N) is 2. The quantitative estimate of drug-likeness (QED) is 0.147. The molecule has 0 saturated heterocycles. The van der Waals surface area contributed by atoms with Gasteiger partial charge in [-0.15, -0.1) is 0 Å². The van der Waals surface area contributed by atoms with E-state index in [4.69, 9.17) is 5.14 Å². The van der Waals surface area contributed by atoms with Crippen molar-refractivity contribution < 1.29 is 18.0 Å². The standard InChI is InChI=1S/C30H33N5O5S2/c31-42(39,40)24-14-12-23(13-15-24)17-19-33-28(37)21-41-30-34-26-10-5-4-9-25(26)29(38)35(30)20-6-11-27(36)32-18-16-22-7-2-1-3-8-22/h1-5,7-10,12-15H,6,11,16-21H2,(H,32,36)(H,33,37)(H2,31,39,40). The Kier molecular flexibility index (Phi) is 10.9. The van der Waals surface area contributed by atoms with E-state index in [0.29, 0.717) is 48.5 Å². The van der Waals surface area contributed by atoms with Crippen LogP contribution in [0.3, 0.4) is 0 Å². The summed E-state index contributed by atoms with van der Waals surface area (Å²) in [5.74, 6) is -0.261. The fourth-order valence-electron chi connectivity index (χ4n) is 4.31. The Morgan fingerprint density at radius 2 is 1.45 bits per heavy atom. The molecule has 42 heavy (non-hydrogen) atoms. The number of para-hydroxylation sites is 1. The van der Waals surface area contributed by atoms with Crippen LogP contribution in [0.15, 0.2) is 93.7 Å². The summed E-state index contributed by atoms with van der Waals surface area (Å²) in [6, 6.07) is 23.1. The Morgan fingerprint density at radius 3 is 2.14 bits per heavy atom. The molecule has 0 aliphatic heterocycles. The predicted molar refractivity (Wildman–Crippen MR) is 164 cm³/mol. The van der Waals surface area contributed by atoms with Gasteiger partial charge in [0, 0.05) is 26.1 Å². The van der Waals surface area contributed by atoms with Gasteiger partial charge in [-0.3, -0.25) is 19.0 Å². The molecule has 0 aliphatic rings. The lowest BCUT2D eigenvalue weighted by atomic mass is 10.1. The van der Waals surface area contributed by atoms with Crippen LogP contribution >= 0.6 is 11.8 Å². The fourth-order valence-corrected chi connectivity index (χ4v) is 5.68. The molecule has 0 radical (unpaired) electrons. The zero-order valence-electron chi connectivity index (χ0n) is 23.0. The van der Waals surface area contributed by atoms with Gasteiger partial charge in [0.05, 0.1) is 21.6 Å². The van der Waals surface area contributed by atoms with Crippen LogP contribution < -0.4 is 21.3 Å². The molecular formula is C30H33N5O5S2. The molecule has 0 unspecified atom stereocenters. The van der Waals surface area contributed by atoms with Crippen molar-refractivity contribution in [2.45, 2.75) is 42.3 Å². The summed E-state index contributed by atoms with van der Waals surface area (Å²) in [6.07, 6.45) is 1.96. The number of primary sulfonamides is 1. The molecule has 0 saturated carbocycles. The number of rotatable bonds is 14. The van der Waals surface area contributed by atoms with E-state index in [-0.39, 0.29) is 34.4 Å². The number of hydrogen-bond donors (Lipinski definition) is 3. The molecule has 4 N–H and O–H groups in total. The predicted octanol–water partition coefficient (Wildman–Crippen LogP) is 2.63. The van der Waals surface area contributed by atoms with Crippen LogP contribution in [-0.4, -0.2) is 48.6 Å². The summed E-state index contributed by atoms with van der Waals surface area (Å²) in [4.78, 5) is 42.9. The smallest absolute Gasteiger partial charge is 0.262 e. The van der Waals surface area contributed by atoms with Gasteiger partial charge >= 0.3 is 0 Å². The molecular weight excluding hydrogens is 574 g/mol. The number of benzene rings is 3. The van der Waals surface area contributed by atoms with Crippen LogP contribution in [0.5, 0.6) is 0 Å². The van der Waals surface area contributed by atoms with E-state index in [1.807, 2.05) is 30.3 Å². The van der Waals surface area contributed by atoms with Crippen molar-refractivity contribution in [1.29, 1.82) is 0 Å². The van der Waals surface area contributed by atoms with Crippen molar-refractivity contribution in [2.75, 3.05) is 18.8 Å². The summed E-state index contributed by atoms with van der Waals surface area (Å²) in [6.45, 7) is 1.18. The number of aromatic nitrogens is 2. The summed E-state index contributed by atoms with van der Waals surface area (Å²) in [5, 5.41) is 11.8. The zero-order chi connectivity index (χ0) is 30.0. The van der Waals surface area contributed by atoms with E-state index in [1.165, 1.54) is 16.7 Å². The zero-order valence-corrected chi connectivity index (χ0v) is 24.6. The normalized spacial score (nSPS) is 11.4. The van der Waals surface area contributed by atoms with Gasteiger partial charge in [0.25, 0.3) is 5.56 Å². The van der Waals surface area contributed by atoms with Crippen LogP contribution in [0.4, 0.5) is 0 Å². The molecule has 1 heterocycles. The molecule has 12 heteroatoms. The second-order valence-corrected chi connectivity index (χ2v) is 12.1. The van der Waals surface area contributed by atoms with Gasteiger partial charge in [0.2, 0.25) is 21.8 Å². The highest BCUT2D eigenvalue weighted by molar-refractivity contribution is 7.99. The minimum absolute atomic E-state index is 0.0318. The first kappa shape index (κ1) is 30.9. The second kappa shape index (κ2) is 14.8. The lowest BCUT2D eigenvalue weighted by Gasteiger charge is -2.13. The Balaban J connectivity index is 1.30. The highest BCUT2D eigenvalue weighted by Crippen LogP contribution is 2.18. The van der Waals surface area contributed by atoms with E-state index in [9.17, 15) is 22.8 Å². The summed E-state index contributed by atoms with van der Waals surface area (Å²) in [7, 11) is -3.75. The third-order valence-electron chi connectivity index (χ3n) is 6.51. The van der Waals surface area contributed by atoms with Gasteiger partial charge < -0.3 is 10.6 Å². The van der Waals surface area contributed by atoms with Crippen LogP contribution in [0.1, 0.15) is 24.0 Å². The first-order chi connectivity index (χ1) is 20.2. The van der Waals surface area contributed by atoms with Gasteiger partial charge in [-0.2, -0.15) is 0 Å². The number of carbonyl (C=O) groups is 2. The highest BCUT2D eigenvalue weighted by Gasteiger charge is 2.14. The largest absolute Gasteiger partial charge is 0.356 e. The molecule has 0 fully saturated rings. The van der Waals surface area contributed by atoms with E-state index >= 15 is 0 Å². The number of amides is 2. The molecule has 0 aliphatic carbocycles. The topological polar surface area (TPSA) is 153 Å². The lowest BCUT2D eigenvalue weighted by molar-refractivity contribution is -0.121. The third kappa shape index (κ3) is 9.00. The number of nitrogens with zero attached hydrogens (tertiary/aromatic N) is 2. The third-order valence-corrected chi connectivity index (χ3v) is 8.42. The molecule has 3 aromatic carbocycles. The SMILES string of the molecule is NS(=O)(=O)c1ccc(CCNC(=O)CSc2nc3ccccc3c(=O)n2CCCC(=O)NCCc2ccccc2)cc1. The molecule has 4 aromatic rings. The number of hydrogen-bond acceptors (Lipinski definition) is 7. The van der Waals surface area contributed by atoms with Crippen LogP contribution in [0, 0.1) is 0 Å².